The van der Waals surface area contributed by atoms with Crippen LogP contribution in [0.1, 0.15) is 44.9 Å². The first-order valence-electron chi connectivity index (χ1n) is 5.20. The van der Waals surface area contributed by atoms with Crippen LogP contribution in [-0.2, 0) is 4.79 Å². The first-order chi connectivity index (χ1) is 6.39. The van der Waals surface area contributed by atoms with Crippen molar-refractivity contribution in [3.8, 4) is 0 Å². The summed E-state index contributed by atoms with van der Waals surface area (Å²) in [6, 6.07) is 0. The highest BCUT2D eigenvalue weighted by atomic mass is 32.2. The fraction of sp³-hybridized carbons (Fsp3) is 0.727. The van der Waals surface area contributed by atoms with Crippen LogP contribution in [0.2, 0.25) is 0 Å². The number of thioether (sulfide) groups is 1. The molecule has 1 nitrogen and oxygen atoms in total. The molecule has 0 unspecified atom stereocenters. The zero-order chi connectivity index (χ0) is 9.36. The van der Waals surface area contributed by atoms with Crippen molar-refractivity contribution in [2.75, 3.05) is 5.75 Å². The third-order valence-electron chi connectivity index (χ3n) is 2.26. The molecule has 1 aliphatic rings. The molecule has 74 valence electrons. The summed E-state index contributed by atoms with van der Waals surface area (Å²) in [5.74, 6) is 0.874. The van der Waals surface area contributed by atoms with Crippen molar-refractivity contribution in [3.63, 3.8) is 0 Å². The van der Waals surface area contributed by atoms with Crippen LogP contribution in [0.5, 0.6) is 0 Å². The molecule has 0 aromatic heterocycles. The largest absolute Gasteiger partial charge is 0.287 e. The van der Waals surface area contributed by atoms with E-state index in [-0.39, 0.29) is 0 Å². The summed E-state index contributed by atoms with van der Waals surface area (Å²) < 4.78 is 0. The average Bonchev–Trinajstić information content (AvgIpc) is 2.11. The zero-order valence-corrected chi connectivity index (χ0v) is 8.94. The van der Waals surface area contributed by atoms with Crippen LogP contribution in [0.25, 0.3) is 0 Å². The van der Waals surface area contributed by atoms with Gasteiger partial charge in [-0.25, -0.2) is 0 Å². The highest BCUT2D eigenvalue weighted by Crippen LogP contribution is 2.14. The van der Waals surface area contributed by atoms with Gasteiger partial charge in [0.05, 0.1) is 0 Å². The van der Waals surface area contributed by atoms with Crippen LogP contribution in [0.15, 0.2) is 12.2 Å². The fourth-order valence-electron chi connectivity index (χ4n) is 1.46. The van der Waals surface area contributed by atoms with E-state index in [4.69, 9.17) is 0 Å². The molecule has 0 bridgehead atoms. The Balaban J connectivity index is 2.25. The molecule has 1 rings (SSSR count). The lowest BCUT2D eigenvalue weighted by atomic mass is 10.1. The molecule has 0 spiro atoms. The van der Waals surface area contributed by atoms with Gasteiger partial charge in [0.15, 0.2) is 5.12 Å². The van der Waals surface area contributed by atoms with E-state index in [1.807, 2.05) is 0 Å². The van der Waals surface area contributed by atoms with Gasteiger partial charge in [-0.15, -0.1) is 0 Å². The quantitative estimate of drug-likeness (QED) is 0.554. The van der Waals surface area contributed by atoms with Crippen LogP contribution in [0.3, 0.4) is 0 Å². The third-order valence-corrected chi connectivity index (χ3v) is 3.14. The van der Waals surface area contributed by atoms with Gasteiger partial charge in [0, 0.05) is 12.2 Å². The van der Waals surface area contributed by atoms with Gasteiger partial charge in [-0.1, -0.05) is 43.2 Å². The molecular weight excluding hydrogens is 180 g/mol. The van der Waals surface area contributed by atoms with Gasteiger partial charge in [0.2, 0.25) is 0 Å². The number of carbonyl (C=O) groups is 1. The molecule has 0 amide bonds. The maximum absolute atomic E-state index is 11.2. The molecule has 13 heavy (non-hydrogen) atoms. The number of rotatable bonds is 0. The normalized spacial score (nSPS) is 22.0. The lowest BCUT2D eigenvalue weighted by Crippen LogP contribution is -1.93. The summed E-state index contributed by atoms with van der Waals surface area (Å²) >= 11 is 1.47. The summed E-state index contributed by atoms with van der Waals surface area (Å²) in [7, 11) is 0. The Morgan fingerprint density at radius 3 is 2.69 bits per heavy atom. The van der Waals surface area contributed by atoms with Crippen molar-refractivity contribution in [1.29, 1.82) is 0 Å². The summed E-state index contributed by atoms with van der Waals surface area (Å²) in [6.07, 6.45) is 12.6. The van der Waals surface area contributed by atoms with Crippen molar-refractivity contribution in [1.82, 2.24) is 0 Å². The SMILES string of the molecule is O=C1CCCCCCCC=CCS1. The first-order valence-corrected chi connectivity index (χ1v) is 6.19. The maximum Gasteiger partial charge on any atom is 0.189 e. The van der Waals surface area contributed by atoms with Crippen LogP contribution < -0.4 is 0 Å². The smallest absolute Gasteiger partial charge is 0.189 e. The molecule has 0 atom stereocenters. The van der Waals surface area contributed by atoms with E-state index >= 15 is 0 Å². The number of allylic oxidation sites excluding steroid dienone is 1. The molecule has 0 N–H and O–H groups in total. The Bertz CT molecular complexity index is 175. The van der Waals surface area contributed by atoms with Gasteiger partial charge in [-0.2, -0.15) is 0 Å². The molecule has 0 fully saturated rings. The third kappa shape index (κ3) is 5.92. The molecule has 0 saturated heterocycles. The van der Waals surface area contributed by atoms with Crippen molar-refractivity contribution in [3.05, 3.63) is 12.2 Å². The van der Waals surface area contributed by atoms with Gasteiger partial charge in [-0.3, -0.25) is 4.79 Å². The highest BCUT2D eigenvalue weighted by molar-refractivity contribution is 8.13. The standard InChI is InChI=1S/C11H18OS/c12-11-9-7-5-3-1-2-4-6-8-10-13-11/h6,8H,1-5,7,9-10H2. The average molecular weight is 198 g/mol. The number of carbonyl (C=O) groups excluding carboxylic acids is 1. The van der Waals surface area contributed by atoms with Gasteiger partial charge in [0.25, 0.3) is 0 Å². The second-order valence-electron chi connectivity index (χ2n) is 3.46. The molecule has 1 heterocycles. The Morgan fingerprint density at radius 2 is 1.77 bits per heavy atom. The molecule has 0 aromatic rings. The second-order valence-corrected chi connectivity index (χ2v) is 4.54. The molecule has 0 aromatic carbocycles. The zero-order valence-electron chi connectivity index (χ0n) is 8.13. The lowest BCUT2D eigenvalue weighted by molar-refractivity contribution is -0.111. The van der Waals surface area contributed by atoms with E-state index in [0.29, 0.717) is 5.12 Å². The minimum atomic E-state index is 0.366. The molecule has 0 aliphatic carbocycles. The van der Waals surface area contributed by atoms with Gasteiger partial charge < -0.3 is 0 Å². The molecular formula is C11H18OS. The Hall–Kier alpha value is -0.240. The number of hydrogen-bond donors (Lipinski definition) is 0. The monoisotopic (exact) mass is 198 g/mol. The van der Waals surface area contributed by atoms with Gasteiger partial charge in [0.1, 0.15) is 0 Å². The van der Waals surface area contributed by atoms with E-state index in [2.05, 4.69) is 12.2 Å². The summed E-state index contributed by atoms with van der Waals surface area (Å²) in [4.78, 5) is 11.2. The predicted octanol–water partition coefficient (Wildman–Crippen LogP) is 3.55. The molecule has 0 radical (unpaired) electrons. The van der Waals surface area contributed by atoms with Crippen LogP contribution in [0, 0.1) is 0 Å². The summed E-state index contributed by atoms with van der Waals surface area (Å²) in [5, 5.41) is 0.366. The van der Waals surface area contributed by atoms with Gasteiger partial charge >= 0.3 is 0 Å². The van der Waals surface area contributed by atoms with Crippen LogP contribution >= 0.6 is 11.8 Å². The highest BCUT2D eigenvalue weighted by Gasteiger charge is 2.01. The summed E-state index contributed by atoms with van der Waals surface area (Å²) in [6.45, 7) is 0. The van der Waals surface area contributed by atoms with Gasteiger partial charge in [-0.05, 0) is 19.3 Å². The first kappa shape index (κ1) is 10.8. The number of hydrogen-bond acceptors (Lipinski definition) is 2. The van der Waals surface area contributed by atoms with Crippen molar-refractivity contribution in [2.45, 2.75) is 44.9 Å². The van der Waals surface area contributed by atoms with Crippen LogP contribution in [-0.4, -0.2) is 10.9 Å². The Morgan fingerprint density at radius 1 is 1.00 bits per heavy atom. The van der Waals surface area contributed by atoms with E-state index < -0.39 is 0 Å². The van der Waals surface area contributed by atoms with Crippen molar-refractivity contribution in [2.24, 2.45) is 0 Å². The minimum absolute atomic E-state index is 0.366. The van der Waals surface area contributed by atoms with E-state index in [1.165, 1.54) is 43.9 Å². The predicted molar refractivity (Wildman–Crippen MR) is 58.9 cm³/mol. The molecule has 1 aliphatic heterocycles. The second kappa shape index (κ2) is 7.19. The Labute approximate surface area is 85.0 Å². The summed E-state index contributed by atoms with van der Waals surface area (Å²) in [5.41, 5.74) is 0. The minimum Gasteiger partial charge on any atom is -0.287 e. The molecule has 2 heteroatoms. The van der Waals surface area contributed by atoms with Crippen molar-refractivity contribution >= 4 is 16.9 Å². The van der Waals surface area contributed by atoms with E-state index in [9.17, 15) is 4.79 Å². The van der Waals surface area contributed by atoms with Crippen LogP contribution in [0.4, 0.5) is 0 Å². The molecule has 0 saturated carbocycles. The topological polar surface area (TPSA) is 17.1 Å². The van der Waals surface area contributed by atoms with E-state index in [0.717, 1.165) is 18.6 Å². The van der Waals surface area contributed by atoms with E-state index in [1.54, 1.807) is 0 Å². The maximum atomic E-state index is 11.2. The Kier molecular flexibility index (Phi) is 6.00. The lowest BCUT2D eigenvalue weighted by Gasteiger charge is -2.02. The fourth-order valence-corrected chi connectivity index (χ4v) is 2.17. The van der Waals surface area contributed by atoms with Crippen molar-refractivity contribution < 1.29 is 4.79 Å².